The summed E-state index contributed by atoms with van der Waals surface area (Å²) in [6.45, 7) is 4.71. The number of hydrogen-bond donors (Lipinski definition) is 0. The summed E-state index contributed by atoms with van der Waals surface area (Å²) in [7, 11) is 0. The average molecular weight is 562 g/mol. The van der Waals surface area contributed by atoms with E-state index in [9.17, 15) is 0 Å². The van der Waals surface area contributed by atoms with E-state index in [1.165, 1.54) is 82.8 Å². The van der Waals surface area contributed by atoms with Crippen molar-refractivity contribution in [2.45, 2.75) is 19.3 Å². The number of para-hydroxylation sites is 1. The highest BCUT2D eigenvalue weighted by Gasteiger charge is 2.35. The minimum atomic E-state index is -0.0312. The van der Waals surface area contributed by atoms with Gasteiger partial charge in [0.25, 0.3) is 0 Å². The van der Waals surface area contributed by atoms with Crippen LogP contribution < -0.4 is 0 Å². The minimum Gasteiger partial charge on any atom is -0.309 e. The Bertz CT molecular complexity index is 2420. The van der Waals surface area contributed by atoms with E-state index in [2.05, 4.69) is 170 Å². The van der Waals surface area contributed by atoms with Crippen LogP contribution >= 0.6 is 0 Å². The molecule has 0 amide bonds. The lowest BCUT2D eigenvalue weighted by Gasteiger charge is -2.22. The monoisotopic (exact) mass is 561 g/mol. The van der Waals surface area contributed by atoms with Gasteiger partial charge in [-0.2, -0.15) is 0 Å². The molecule has 1 heterocycles. The third-order valence-electron chi connectivity index (χ3n) is 9.80. The highest BCUT2D eigenvalue weighted by atomic mass is 15.0. The quantitative estimate of drug-likeness (QED) is 0.202. The van der Waals surface area contributed by atoms with Crippen LogP contribution in [-0.2, 0) is 5.41 Å². The first-order valence-corrected chi connectivity index (χ1v) is 15.4. The van der Waals surface area contributed by atoms with Gasteiger partial charge in [0.1, 0.15) is 0 Å². The Morgan fingerprint density at radius 1 is 0.409 bits per heavy atom. The van der Waals surface area contributed by atoms with Crippen LogP contribution in [0.2, 0.25) is 0 Å². The second kappa shape index (κ2) is 9.30. The lowest BCUT2D eigenvalue weighted by atomic mass is 9.81. The molecular formula is C43H31N. The maximum absolute atomic E-state index is 2.43. The number of aromatic nitrogens is 1. The summed E-state index contributed by atoms with van der Waals surface area (Å²) in [5.41, 5.74) is 14.1. The van der Waals surface area contributed by atoms with Gasteiger partial charge in [-0.25, -0.2) is 0 Å². The van der Waals surface area contributed by atoms with Crippen molar-refractivity contribution >= 4 is 32.6 Å². The zero-order valence-electron chi connectivity index (χ0n) is 24.9. The standard InChI is InChI=1S/C43H31N/c1-43(2)39-17-9-7-15-35(39)36-23-20-30(26-40(36)43)33-13-5-6-14-34(33)31-21-24-38-37-16-8-10-18-41(37)44(42(38)27-31)32-22-19-28-11-3-4-12-29(28)25-32/h3-27H,1-2H3. The van der Waals surface area contributed by atoms with Crippen LogP contribution in [0.3, 0.4) is 0 Å². The van der Waals surface area contributed by atoms with Crippen LogP contribution in [0, 0.1) is 0 Å². The van der Waals surface area contributed by atoms with Crippen molar-refractivity contribution in [2.24, 2.45) is 0 Å². The van der Waals surface area contributed by atoms with Crippen LogP contribution in [0.1, 0.15) is 25.0 Å². The third-order valence-corrected chi connectivity index (χ3v) is 9.80. The summed E-state index contributed by atoms with van der Waals surface area (Å²) in [4.78, 5) is 0. The van der Waals surface area contributed by atoms with E-state index in [-0.39, 0.29) is 5.41 Å². The molecule has 0 N–H and O–H groups in total. The molecule has 0 atom stereocenters. The largest absolute Gasteiger partial charge is 0.309 e. The van der Waals surface area contributed by atoms with Gasteiger partial charge < -0.3 is 4.57 Å². The number of hydrogen-bond acceptors (Lipinski definition) is 0. The van der Waals surface area contributed by atoms with E-state index >= 15 is 0 Å². The molecule has 44 heavy (non-hydrogen) atoms. The third kappa shape index (κ3) is 3.59. The summed E-state index contributed by atoms with van der Waals surface area (Å²) >= 11 is 0. The molecule has 9 rings (SSSR count). The molecule has 0 aliphatic heterocycles. The Hall–Kier alpha value is -5.40. The second-order valence-electron chi connectivity index (χ2n) is 12.6. The fourth-order valence-electron chi connectivity index (χ4n) is 7.59. The van der Waals surface area contributed by atoms with Crippen molar-refractivity contribution in [2.75, 3.05) is 0 Å². The number of fused-ring (bicyclic) bond motifs is 7. The Morgan fingerprint density at radius 2 is 1.02 bits per heavy atom. The molecule has 0 spiro atoms. The summed E-state index contributed by atoms with van der Waals surface area (Å²) in [6.07, 6.45) is 0. The molecule has 1 aliphatic carbocycles. The maximum Gasteiger partial charge on any atom is 0.0547 e. The molecule has 7 aromatic carbocycles. The van der Waals surface area contributed by atoms with E-state index in [0.717, 1.165) is 0 Å². The first kappa shape index (κ1) is 25.1. The summed E-state index contributed by atoms with van der Waals surface area (Å²) in [5, 5.41) is 5.05. The molecule has 0 unspecified atom stereocenters. The molecule has 1 aromatic heterocycles. The number of nitrogens with zero attached hydrogens (tertiary/aromatic N) is 1. The van der Waals surface area contributed by atoms with Crippen LogP contribution in [0.5, 0.6) is 0 Å². The van der Waals surface area contributed by atoms with Crippen molar-refractivity contribution in [3.8, 4) is 39.1 Å². The molecule has 208 valence electrons. The van der Waals surface area contributed by atoms with Crippen LogP contribution in [0.4, 0.5) is 0 Å². The van der Waals surface area contributed by atoms with Crippen LogP contribution in [0.25, 0.3) is 71.6 Å². The predicted molar refractivity (Wildman–Crippen MR) is 187 cm³/mol. The fraction of sp³-hybridized carbons (Fsp3) is 0.0698. The van der Waals surface area contributed by atoms with Gasteiger partial charge in [0.05, 0.1) is 11.0 Å². The average Bonchev–Trinajstić information content (AvgIpc) is 3.52. The molecule has 0 bridgehead atoms. The summed E-state index contributed by atoms with van der Waals surface area (Å²) < 4.78 is 2.43. The Balaban J connectivity index is 1.24. The van der Waals surface area contributed by atoms with Crippen molar-refractivity contribution in [3.05, 3.63) is 163 Å². The highest BCUT2D eigenvalue weighted by molar-refractivity contribution is 6.10. The van der Waals surface area contributed by atoms with Crippen molar-refractivity contribution in [1.82, 2.24) is 4.57 Å². The van der Waals surface area contributed by atoms with E-state index < -0.39 is 0 Å². The Labute approximate surface area is 257 Å². The fourth-order valence-corrected chi connectivity index (χ4v) is 7.59. The first-order chi connectivity index (χ1) is 21.6. The van der Waals surface area contributed by atoms with Gasteiger partial charge in [-0.3, -0.25) is 0 Å². The topological polar surface area (TPSA) is 4.93 Å². The Kier molecular flexibility index (Phi) is 5.31. The molecule has 1 aliphatic rings. The van der Waals surface area contributed by atoms with Crippen molar-refractivity contribution in [3.63, 3.8) is 0 Å². The van der Waals surface area contributed by atoms with Crippen molar-refractivity contribution in [1.29, 1.82) is 0 Å². The number of rotatable bonds is 3. The van der Waals surface area contributed by atoms with Gasteiger partial charge in [-0.15, -0.1) is 0 Å². The molecule has 0 fully saturated rings. The molecule has 1 heteroatoms. The van der Waals surface area contributed by atoms with Gasteiger partial charge in [-0.05, 0) is 85.6 Å². The van der Waals surface area contributed by atoms with Gasteiger partial charge in [0, 0.05) is 21.9 Å². The number of benzene rings is 7. The zero-order valence-corrected chi connectivity index (χ0v) is 24.9. The van der Waals surface area contributed by atoms with Gasteiger partial charge >= 0.3 is 0 Å². The molecule has 0 saturated heterocycles. The molecule has 8 aromatic rings. The second-order valence-corrected chi connectivity index (χ2v) is 12.6. The summed E-state index contributed by atoms with van der Waals surface area (Å²) in [5.74, 6) is 0. The van der Waals surface area contributed by atoms with E-state index in [1.807, 2.05) is 0 Å². The minimum absolute atomic E-state index is 0.0312. The lowest BCUT2D eigenvalue weighted by molar-refractivity contribution is 0.660. The molecular weight excluding hydrogens is 530 g/mol. The Morgan fingerprint density at radius 3 is 1.86 bits per heavy atom. The van der Waals surface area contributed by atoms with Crippen LogP contribution in [0.15, 0.2) is 152 Å². The molecule has 1 nitrogen and oxygen atoms in total. The van der Waals surface area contributed by atoms with Gasteiger partial charge in [0.15, 0.2) is 0 Å². The SMILES string of the molecule is CC1(C)c2ccccc2-c2ccc(-c3ccccc3-c3ccc4c5ccccc5n(-c5ccc6ccccc6c5)c4c3)cc21. The van der Waals surface area contributed by atoms with Crippen LogP contribution in [-0.4, -0.2) is 4.57 Å². The lowest BCUT2D eigenvalue weighted by Crippen LogP contribution is -2.14. The van der Waals surface area contributed by atoms with Gasteiger partial charge in [0.2, 0.25) is 0 Å². The van der Waals surface area contributed by atoms with E-state index in [0.29, 0.717) is 0 Å². The highest BCUT2D eigenvalue weighted by Crippen LogP contribution is 2.50. The predicted octanol–water partition coefficient (Wildman–Crippen LogP) is 11.6. The smallest absolute Gasteiger partial charge is 0.0547 e. The van der Waals surface area contributed by atoms with Crippen molar-refractivity contribution < 1.29 is 0 Å². The van der Waals surface area contributed by atoms with E-state index in [1.54, 1.807) is 0 Å². The summed E-state index contributed by atoms with van der Waals surface area (Å²) in [6, 6.07) is 55.9. The molecule has 0 saturated carbocycles. The van der Waals surface area contributed by atoms with Gasteiger partial charge in [-0.1, -0.05) is 135 Å². The maximum atomic E-state index is 2.43. The normalized spacial score (nSPS) is 13.4. The first-order valence-electron chi connectivity index (χ1n) is 15.4. The van der Waals surface area contributed by atoms with E-state index in [4.69, 9.17) is 0 Å². The zero-order chi connectivity index (χ0) is 29.4. The molecule has 0 radical (unpaired) electrons.